The van der Waals surface area contributed by atoms with Crippen LogP contribution in [0, 0.1) is 35.0 Å². The molecule has 2 aliphatic carbocycles. The summed E-state index contributed by atoms with van der Waals surface area (Å²) in [5.74, 6) is 1.12. The number of aliphatic hydroxyl groups excluding tert-OH is 1. The Morgan fingerprint density at radius 3 is 2.67 bits per heavy atom. The summed E-state index contributed by atoms with van der Waals surface area (Å²) in [4.78, 5) is 0. The molecular formula is C10H13NO. The van der Waals surface area contributed by atoms with Crippen LogP contribution in [0.2, 0.25) is 0 Å². The number of aliphatic hydroxyl groups is 1. The molecule has 1 fully saturated rings. The molecule has 12 heavy (non-hydrogen) atoms. The molecule has 1 saturated carbocycles. The van der Waals surface area contributed by atoms with Gasteiger partial charge in [-0.1, -0.05) is 12.2 Å². The quantitative estimate of drug-likeness (QED) is 0.593. The molecular weight excluding hydrogens is 150 g/mol. The van der Waals surface area contributed by atoms with Crippen LogP contribution in [0.25, 0.3) is 0 Å². The molecule has 0 saturated heterocycles. The minimum atomic E-state index is -0.338. The SMILES string of the molecule is C[C@@H](O)[C@@H]1[C@H](C#N)[C@@H]2C=C[C@H]1C2. The summed E-state index contributed by atoms with van der Waals surface area (Å²) >= 11 is 0. The predicted molar refractivity (Wildman–Crippen MR) is 45.0 cm³/mol. The van der Waals surface area contributed by atoms with E-state index in [-0.39, 0.29) is 17.9 Å². The summed E-state index contributed by atoms with van der Waals surface area (Å²) in [6.07, 6.45) is 5.04. The number of nitriles is 1. The molecule has 0 aromatic carbocycles. The summed E-state index contributed by atoms with van der Waals surface area (Å²) in [6, 6.07) is 2.32. The molecule has 0 radical (unpaired) electrons. The molecule has 0 aromatic rings. The monoisotopic (exact) mass is 163 g/mol. The van der Waals surface area contributed by atoms with Gasteiger partial charge in [0.1, 0.15) is 0 Å². The van der Waals surface area contributed by atoms with E-state index in [1.165, 1.54) is 0 Å². The zero-order valence-corrected chi connectivity index (χ0v) is 7.14. The van der Waals surface area contributed by atoms with Gasteiger partial charge in [0, 0.05) is 5.92 Å². The molecule has 0 heterocycles. The van der Waals surface area contributed by atoms with Crippen LogP contribution < -0.4 is 0 Å². The van der Waals surface area contributed by atoms with Gasteiger partial charge < -0.3 is 5.11 Å². The fourth-order valence-electron chi connectivity index (χ4n) is 2.70. The Morgan fingerprint density at radius 1 is 1.50 bits per heavy atom. The third-order valence-electron chi connectivity index (χ3n) is 3.23. The number of hydrogen-bond acceptors (Lipinski definition) is 2. The Labute approximate surface area is 72.5 Å². The fraction of sp³-hybridized carbons (Fsp3) is 0.700. The van der Waals surface area contributed by atoms with Gasteiger partial charge >= 0.3 is 0 Å². The minimum Gasteiger partial charge on any atom is -0.393 e. The maximum Gasteiger partial charge on any atom is 0.0666 e. The van der Waals surface area contributed by atoms with Gasteiger partial charge in [0.05, 0.1) is 18.1 Å². The Balaban J connectivity index is 2.24. The summed E-state index contributed by atoms with van der Waals surface area (Å²) in [5.41, 5.74) is 0. The summed E-state index contributed by atoms with van der Waals surface area (Å²) in [6.45, 7) is 1.80. The Bertz CT molecular complexity index is 251. The molecule has 5 atom stereocenters. The third-order valence-corrected chi connectivity index (χ3v) is 3.23. The second kappa shape index (κ2) is 2.60. The number of nitrogens with zero attached hydrogens (tertiary/aromatic N) is 1. The molecule has 0 spiro atoms. The van der Waals surface area contributed by atoms with Crippen LogP contribution in [0.1, 0.15) is 13.3 Å². The van der Waals surface area contributed by atoms with Crippen LogP contribution in [0.15, 0.2) is 12.2 Å². The van der Waals surface area contributed by atoms with Crippen LogP contribution in [-0.4, -0.2) is 11.2 Å². The highest BCUT2D eigenvalue weighted by Crippen LogP contribution is 2.48. The average molecular weight is 163 g/mol. The van der Waals surface area contributed by atoms with Gasteiger partial charge in [-0.25, -0.2) is 0 Å². The molecule has 0 aromatic heterocycles. The van der Waals surface area contributed by atoms with Gasteiger partial charge in [-0.3, -0.25) is 0 Å². The smallest absolute Gasteiger partial charge is 0.0666 e. The van der Waals surface area contributed by atoms with E-state index < -0.39 is 0 Å². The molecule has 2 rings (SSSR count). The van der Waals surface area contributed by atoms with Crippen molar-refractivity contribution in [3.8, 4) is 6.07 Å². The normalized spacial score (nSPS) is 46.1. The highest BCUT2D eigenvalue weighted by Gasteiger charge is 2.46. The van der Waals surface area contributed by atoms with Crippen molar-refractivity contribution >= 4 is 0 Å². The van der Waals surface area contributed by atoms with E-state index in [2.05, 4.69) is 18.2 Å². The molecule has 2 bridgehead atoms. The average Bonchev–Trinajstić information content (AvgIpc) is 2.60. The second-order valence-electron chi connectivity index (χ2n) is 3.92. The molecule has 0 unspecified atom stereocenters. The Morgan fingerprint density at radius 2 is 2.17 bits per heavy atom. The van der Waals surface area contributed by atoms with Gasteiger partial charge in [0.25, 0.3) is 0 Å². The molecule has 1 N–H and O–H groups in total. The maximum atomic E-state index is 9.49. The summed E-state index contributed by atoms with van der Waals surface area (Å²) < 4.78 is 0. The number of allylic oxidation sites excluding steroid dienone is 2. The number of rotatable bonds is 1. The van der Waals surface area contributed by atoms with Crippen molar-refractivity contribution in [2.75, 3.05) is 0 Å². The fourth-order valence-corrected chi connectivity index (χ4v) is 2.70. The molecule has 2 aliphatic rings. The van der Waals surface area contributed by atoms with Gasteiger partial charge in [-0.05, 0) is 25.2 Å². The second-order valence-corrected chi connectivity index (χ2v) is 3.92. The van der Waals surface area contributed by atoms with E-state index >= 15 is 0 Å². The van der Waals surface area contributed by atoms with Crippen molar-refractivity contribution in [3.05, 3.63) is 12.2 Å². The van der Waals surface area contributed by atoms with E-state index in [1.54, 1.807) is 6.92 Å². The highest BCUT2D eigenvalue weighted by molar-refractivity contribution is 5.18. The molecule has 0 aliphatic heterocycles. The molecule has 0 amide bonds. The van der Waals surface area contributed by atoms with E-state index in [0.29, 0.717) is 11.8 Å². The first kappa shape index (κ1) is 7.82. The van der Waals surface area contributed by atoms with E-state index in [4.69, 9.17) is 5.26 Å². The van der Waals surface area contributed by atoms with Gasteiger partial charge in [0.15, 0.2) is 0 Å². The largest absolute Gasteiger partial charge is 0.393 e. The zero-order valence-electron chi connectivity index (χ0n) is 7.14. The molecule has 2 nitrogen and oxygen atoms in total. The van der Waals surface area contributed by atoms with Crippen LogP contribution in [0.3, 0.4) is 0 Å². The standard InChI is InChI=1S/C10H13NO/c1-6(12)10-8-3-2-7(4-8)9(10)5-11/h2-3,6-10,12H,4H2,1H3/t6-,7-,8+,9-,10+/m1/s1. The van der Waals surface area contributed by atoms with Gasteiger partial charge in [-0.15, -0.1) is 0 Å². The number of fused-ring (bicyclic) bond motifs is 2. The third kappa shape index (κ3) is 0.899. The van der Waals surface area contributed by atoms with Crippen molar-refractivity contribution in [2.45, 2.75) is 19.4 Å². The highest BCUT2D eigenvalue weighted by atomic mass is 16.3. The summed E-state index contributed by atoms with van der Waals surface area (Å²) in [7, 11) is 0. The van der Waals surface area contributed by atoms with Crippen LogP contribution in [-0.2, 0) is 0 Å². The number of hydrogen-bond donors (Lipinski definition) is 1. The predicted octanol–water partition coefficient (Wildman–Crippen LogP) is 1.33. The summed E-state index contributed by atoms with van der Waals surface area (Å²) in [5, 5.41) is 18.4. The van der Waals surface area contributed by atoms with Gasteiger partial charge in [-0.2, -0.15) is 5.26 Å². The maximum absolute atomic E-state index is 9.49. The zero-order chi connectivity index (χ0) is 8.72. The van der Waals surface area contributed by atoms with Crippen LogP contribution >= 0.6 is 0 Å². The Kier molecular flexibility index (Phi) is 1.69. The topological polar surface area (TPSA) is 44.0 Å². The van der Waals surface area contributed by atoms with Crippen LogP contribution in [0.4, 0.5) is 0 Å². The first-order valence-corrected chi connectivity index (χ1v) is 4.50. The van der Waals surface area contributed by atoms with E-state index in [9.17, 15) is 5.11 Å². The van der Waals surface area contributed by atoms with Gasteiger partial charge in [0.2, 0.25) is 0 Å². The lowest BCUT2D eigenvalue weighted by atomic mass is 9.81. The van der Waals surface area contributed by atoms with Crippen molar-refractivity contribution < 1.29 is 5.11 Å². The lowest BCUT2D eigenvalue weighted by molar-refractivity contribution is 0.0940. The van der Waals surface area contributed by atoms with Crippen molar-refractivity contribution in [1.82, 2.24) is 0 Å². The van der Waals surface area contributed by atoms with E-state index in [0.717, 1.165) is 6.42 Å². The lowest BCUT2D eigenvalue weighted by Gasteiger charge is -2.25. The molecule has 2 heteroatoms. The van der Waals surface area contributed by atoms with Crippen molar-refractivity contribution in [3.63, 3.8) is 0 Å². The lowest BCUT2D eigenvalue weighted by Crippen LogP contribution is -2.28. The van der Waals surface area contributed by atoms with Crippen molar-refractivity contribution in [2.24, 2.45) is 23.7 Å². The first-order chi connectivity index (χ1) is 5.74. The van der Waals surface area contributed by atoms with Crippen molar-refractivity contribution in [1.29, 1.82) is 5.26 Å². The Hall–Kier alpha value is -0.810. The van der Waals surface area contributed by atoms with Crippen LogP contribution in [0.5, 0.6) is 0 Å². The first-order valence-electron chi connectivity index (χ1n) is 4.50. The van der Waals surface area contributed by atoms with E-state index in [1.807, 2.05) is 0 Å². The minimum absolute atomic E-state index is 0.0556. The molecule has 64 valence electrons.